The number of carbonyl (C=O) groups is 4. The molecule has 46 heavy (non-hydrogen) atoms. The number of fused-ring (bicyclic) bond motifs is 1. The Morgan fingerprint density at radius 3 is 2.13 bits per heavy atom. The zero-order valence-corrected chi connectivity index (χ0v) is 24.7. The Labute approximate surface area is 264 Å². The minimum atomic E-state index is -1.29. The summed E-state index contributed by atoms with van der Waals surface area (Å²) in [5, 5.41) is 2.88. The van der Waals surface area contributed by atoms with Gasteiger partial charge in [-0.3, -0.25) is 24.1 Å². The van der Waals surface area contributed by atoms with Crippen LogP contribution in [0, 0.1) is 11.6 Å². The molecule has 0 saturated carbocycles. The summed E-state index contributed by atoms with van der Waals surface area (Å²) in [6.45, 7) is 2.05. The van der Waals surface area contributed by atoms with Crippen LogP contribution in [0.3, 0.4) is 0 Å². The summed E-state index contributed by atoms with van der Waals surface area (Å²) in [5.41, 5.74) is 2.72. The van der Waals surface area contributed by atoms with Crippen LogP contribution in [0.2, 0.25) is 0 Å². The van der Waals surface area contributed by atoms with Crippen molar-refractivity contribution in [3.8, 4) is 0 Å². The second-order valence-electron chi connectivity index (χ2n) is 11.0. The van der Waals surface area contributed by atoms with E-state index in [1.807, 2.05) is 12.1 Å². The number of hydrogen-bond donors (Lipinski definition) is 1. The highest BCUT2D eigenvalue weighted by atomic mass is 19.1. The zero-order chi connectivity index (χ0) is 32.2. The number of morpholine rings is 1. The lowest BCUT2D eigenvalue weighted by molar-refractivity contribution is -0.139. The van der Waals surface area contributed by atoms with Crippen molar-refractivity contribution in [1.82, 2.24) is 4.90 Å². The highest BCUT2D eigenvalue weighted by Gasteiger charge is 2.39. The maximum absolute atomic E-state index is 14.2. The number of ether oxygens (including phenoxy) is 1. The first-order valence-corrected chi connectivity index (χ1v) is 14.8. The fraction of sp³-hybridized carbons (Fsp3) is 0.200. The topological polar surface area (TPSA) is 99.3 Å². The van der Waals surface area contributed by atoms with E-state index < -0.39 is 47.7 Å². The molecule has 1 atom stereocenters. The van der Waals surface area contributed by atoms with Gasteiger partial charge in [0.05, 0.1) is 24.5 Å². The average molecular weight is 625 g/mol. The van der Waals surface area contributed by atoms with Gasteiger partial charge in [-0.05, 0) is 71.8 Å². The standard InChI is InChI=1S/C35H30F2N4O5/c36-25-9-5-23(6-10-25)21-41(31(42)22-40-30-4-2-1-3-29(30)33(43)35(40)45)32(24-7-11-26(37)12-8-24)34(44)38-27-13-15-28(16-14-27)39-17-19-46-20-18-39/h1-16,32H,17-22H2,(H,38,44). The Bertz CT molecular complexity index is 1760. The van der Waals surface area contributed by atoms with Gasteiger partial charge in [-0.1, -0.05) is 36.4 Å². The van der Waals surface area contributed by atoms with Crippen molar-refractivity contribution < 1.29 is 32.7 Å². The summed E-state index contributed by atoms with van der Waals surface area (Å²) in [5.74, 6) is -3.86. The predicted molar refractivity (Wildman–Crippen MR) is 167 cm³/mol. The van der Waals surface area contributed by atoms with Gasteiger partial charge in [0.2, 0.25) is 5.91 Å². The Morgan fingerprint density at radius 1 is 0.826 bits per heavy atom. The predicted octanol–water partition coefficient (Wildman–Crippen LogP) is 4.74. The molecule has 2 heterocycles. The number of Topliss-reactive ketones (excluding diaryl/α,β-unsaturated/α-hetero) is 1. The van der Waals surface area contributed by atoms with Gasteiger partial charge in [0.1, 0.15) is 24.2 Å². The molecular weight excluding hydrogens is 594 g/mol. The number of nitrogens with zero attached hydrogens (tertiary/aromatic N) is 3. The fourth-order valence-corrected chi connectivity index (χ4v) is 5.65. The molecule has 0 aromatic heterocycles. The van der Waals surface area contributed by atoms with E-state index in [-0.39, 0.29) is 17.8 Å². The number of amides is 3. The molecule has 9 nitrogen and oxygen atoms in total. The van der Waals surface area contributed by atoms with Crippen molar-refractivity contribution in [2.75, 3.05) is 48.0 Å². The molecule has 2 aliphatic heterocycles. The van der Waals surface area contributed by atoms with Crippen LogP contribution in [0.15, 0.2) is 97.1 Å². The van der Waals surface area contributed by atoms with Crippen molar-refractivity contribution in [2.45, 2.75) is 12.6 Å². The summed E-state index contributed by atoms with van der Waals surface area (Å²) in [6.07, 6.45) is 0. The summed E-state index contributed by atoms with van der Waals surface area (Å²) < 4.78 is 33.2. The smallest absolute Gasteiger partial charge is 0.299 e. The van der Waals surface area contributed by atoms with E-state index >= 15 is 0 Å². The van der Waals surface area contributed by atoms with Gasteiger partial charge in [0.25, 0.3) is 17.6 Å². The van der Waals surface area contributed by atoms with Crippen molar-refractivity contribution in [1.29, 1.82) is 0 Å². The number of benzene rings is 4. The van der Waals surface area contributed by atoms with Crippen LogP contribution in [0.4, 0.5) is 25.8 Å². The first-order chi connectivity index (χ1) is 22.3. The van der Waals surface area contributed by atoms with Crippen LogP contribution in [-0.2, 0) is 25.7 Å². The highest BCUT2D eigenvalue weighted by Crippen LogP contribution is 2.31. The Morgan fingerprint density at radius 2 is 1.46 bits per heavy atom. The number of anilines is 3. The molecule has 0 spiro atoms. The van der Waals surface area contributed by atoms with Crippen molar-refractivity contribution >= 4 is 40.6 Å². The van der Waals surface area contributed by atoms with Crippen molar-refractivity contribution in [3.05, 3.63) is 125 Å². The molecule has 4 aromatic carbocycles. The normalized spacial score (nSPS) is 15.0. The third kappa shape index (κ3) is 6.50. The Balaban J connectivity index is 1.33. The molecule has 1 N–H and O–H groups in total. The minimum Gasteiger partial charge on any atom is -0.378 e. The molecule has 234 valence electrons. The first kappa shape index (κ1) is 30.6. The number of rotatable bonds is 9. The lowest BCUT2D eigenvalue weighted by atomic mass is 10.0. The number of ketones is 1. The minimum absolute atomic E-state index is 0.151. The largest absolute Gasteiger partial charge is 0.378 e. The van der Waals surface area contributed by atoms with E-state index in [1.165, 1.54) is 59.5 Å². The van der Waals surface area contributed by atoms with Gasteiger partial charge in [0, 0.05) is 31.0 Å². The molecular formula is C35H30F2N4O5. The molecule has 1 unspecified atom stereocenters. The van der Waals surface area contributed by atoms with Crippen molar-refractivity contribution in [3.63, 3.8) is 0 Å². The molecule has 4 aromatic rings. The third-order valence-electron chi connectivity index (χ3n) is 8.02. The highest BCUT2D eigenvalue weighted by molar-refractivity contribution is 6.52. The monoisotopic (exact) mass is 624 g/mol. The number of carbonyl (C=O) groups excluding carboxylic acids is 4. The second kappa shape index (κ2) is 13.3. The lowest BCUT2D eigenvalue weighted by Gasteiger charge is -2.33. The van der Waals surface area contributed by atoms with Crippen LogP contribution in [0.1, 0.15) is 27.5 Å². The summed E-state index contributed by atoms with van der Waals surface area (Å²) >= 11 is 0. The third-order valence-corrected chi connectivity index (χ3v) is 8.02. The van der Waals surface area contributed by atoms with Crippen LogP contribution < -0.4 is 15.1 Å². The maximum atomic E-state index is 14.2. The van der Waals surface area contributed by atoms with Gasteiger partial charge >= 0.3 is 0 Å². The molecule has 6 rings (SSSR count). The van der Waals surface area contributed by atoms with Gasteiger partial charge in [-0.15, -0.1) is 0 Å². The second-order valence-corrected chi connectivity index (χ2v) is 11.0. The van der Waals surface area contributed by atoms with Crippen molar-refractivity contribution in [2.24, 2.45) is 0 Å². The molecule has 0 radical (unpaired) electrons. The Hall–Kier alpha value is -5.42. The number of para-hydroxylation sites is 1. The van der Waals surface area contributed by atoms with Gasteiger partial charge in [0.15, 0.2) is 0 Å². The first-order valence-electron chi connectivity index (χ1n) is 14.8. The van der Waals surface area contributed by atoms with E-state index in [9.17, 15) is 28.0 Å². The van der Waals surface area contributed by atoms with Crippen LogP contribution in [0.5, 0.6) is 0 Å². The SMILES string of the molecule is O=C1C(=O)N(CC(=O)N(Cc2ccc(F)cc2)C(C(=O)Nc2ccc(N3CCOCC3)cc2)c2ccc(F)cc2)c2ccccc21. The summed E-state index contributed by atoms with van der Waals surface area (Å²) in [7, 11) is 0. The van der Waals surface area contributed by atoms with Crippen LogP contribution in [-0.4, -0.2) is 61.3 Å². The van der Waals surface area contributed by atoms with E-state index in [1.54, 1.807) is 30.3 Å². The van der Waals surface area contributed by atoms with Gasteiger partial charge in [-0.2, -0.15) is 0 Å². The summed E-state index contributed by atoms with van der Waals surface area (Å²) in [4.78, 5) is 58.4. The average Bonchev–Trinajstić information content (AvgIpc) is 3.31. The lowest BCUT2D eigenvalue weighted by Crippen LogP contribution is -2.46. The fourth-order valence-electron chi connectivity index (χ4n) is 5.65. The number of hydrogen-bond acceptors (Lipinski definition) is 6. The van der Waals surface area contributed by atoms with E-state index in [4.69, 9.17) is 4.74 Å². The molecule has 0 bridgehead atoms. The molecule has 1 fully saturated rings. The molecule has 11 heteroatoms. The molecule has 3 amide bonds. The molecule has 0 aliphatic carbocycles. The Kier molecular flexibility index (Phi) is 8.84. The number of halogens is 2. The van der Waals surface area contributed by atoms with Crippen LogP contribution in [0.25, 0.3) is 0 Å². The van der Waals surface area contributed by atoms with E-state index in [0.29, 0.717) is 30.0 Å². The van der Waals surface area contributed by atoms with Gasteiger partial charge < -0.3 is 19.9 Å². The maximum Gasteiger partial charge on any atom is 0.299 e. The number of nitrogens with one attached hydrogen (secondary N) is 1. The van der Waals surface area contributed by atoms with Gasteiger partial charge in [-0.25, -0.2) is 8.78 Å². The van der Waals surface area contributed by atoms with Crippen LogP contribution >= 0.6 is 0 Å². The van der Waals surface area contributed by atoms with E-state index in [2.05, 4.69) is 10.2 Å². The molecule has 2 aliphatic rings. The molecule has 1 saturated heterocycles. The quantitative estimate of drug-likeness (QED) is 0.270. The zero-order valence-electron chi connectivity index (χ0n) is 24.7. The summed E-state index contributed by atoms with van der Waals surface area (Å²) in [6, 6.07) is 23.0. The van der Waals surface area contributed by atoms with E-state index in [0.717, 1.165) is 23.7 Å².